The largest absolute Gasteiger partial charge is 1.00 e. The van der Waals surface area contributed by atoms with Crippen LogP contribution in [0.3, 0.4) is 0 Å². The van der Waals surface area contributed by atoms with Crippen LogP contribution in [0, 0.1) is 0 Å². The molecule has 0 aromatic carbocycles. The SMILES string of the molecule is C1COCCN1.CCOC(=O)C(=O)N1CCOCC1.CCOc1cc2nc(C(=O)N3CCOCC3)cn2cc1CC(=O)c1cccc(C(F)F)n1.O=C(CCl)C(=O)N1CCOCC1.O=C([O-])C(=O)N1CCOCC1.[K+]. The molecule has 8 heterocycles. The number of pyridine rings is 2. The molecule has 0 spiro atoms. The van der Waals surface area contributed by atoms with Crippen molar-refractivity contribution in [1.82, 2.24) is 39.3 Å². The number of hydrogen-bond acceptors (Lipinski definition) is 19. The molecule has 1 N–H and O–H groups in total. The zero-order valence-electron chi connectivity index (χ0n) is 42.3. The Morgan fingerprint density at radius 2 is 1.19 bits per heavy atom. The van der Waals surface area contributed by atoms with Gasteiger partial charge < -0.3 is 72.4 Å². The van der Waals surface area contributed by atoms with E-state index in [2.05, 4.69) is 20.0 Å². The number of rotatable bonds is 10. The van der Waals surface area contributed by atoms with E-state index in [9.17, 15) is 52.2 Å². The molecule has 3 aromatic rings. The number of nitrogens with one attached hydrogen (secondary N) is 1. The second-order valence-corrected chi connectivity index (χ2v) is 16.1. The number of ketones is 2. The number of aromatic nitrogens is 3. The molecule has 24 nitrogen and oxygen atoms in total. The summed E-state index contributed by atoms with van der Waals surface area (Å²) in [7, 11) is 0. The zero-order valence-corrected chi connectivity index (χ0v) is 46.2. The van der Waals surface area contributed by atoms with Gasteiger partial charge in [-0.15, -0.1) is 11.6 Å². The molecule has 0 unspecified atom stereocenters. The number of ether oxygens (including phenoxy) is 7. The van der Waals surface area contributed by atoms with Crippen LogP contribution in [0.25, 0.3) is 5.65 Å². The average Bonchev–Trinajstić information content (AvgIpc) is 3.87. The van der Waals surface area contributed by atoms with E-state index in [0.717, 1.165) is 26.3 Å². The second-order valence-electron chi connectivity index (χ2n) is 15.9. The van der Waals surface area contributed by atoms with Gasteiger partial charge in [0.25, 0.3) is 24.1 Å². The maximum Gasteiger partial charge on any atom is 1.00 e. The maximum atomic E-state index is 12.9. The van der Waals surface area contributed by atoms with Crippen molar-refractivity contribution in [3.63, 3.8) is 0 Å². The third-order valence-electron chi connectivity index (χ3n) is 10.8. The van der Waals surface area contributed by atoms with Crippen LogP contribution < -0.4 is 66.5 Å². The first-order valence-corrected chi connectivity index (χ1v) is 24.4. The standard InChI is InChI=1S/C22H22F2N4O4.C8H13NO4.C7H10ClNO3.C6H9NO4.C4H9NO.K/c1-2-32-19-11-20-26-17(22(30)27-6-8-31-9-7-27)13-28(20)12-14(19)10-18(29)15-4-3-5-16(25-15)21(23)24;1-2-13-8(11)7(10)9-3-5-12-6-4-9;8-5-6(10)7(11)9-1-3-12-4-2-9;8-5(6(9)10)7-1-3-11-4-2-7;1-3-6-4-2-5-1;/h3-5,11-13,21H,2,6-10H2,1H3;2-6H2,1H3;1-5H2;1-4H2,(H,9,10);5H,1-4H2;/q;;;;;+1/p-1. The second kappa shape index (κ2) is 35.6. The summed E-state index contributed by atoms with van der Waals surface area (Å²) in [5.41, 5.74) is 0.830. The van der Waals surface area contributed by atoms with Crippen molar-refractivity contribution in [3.05, 3.63) is 59.3 Å². The van der Waals surface area contributed by atoms with Gasteiger partial charge in [-0.1, -0.05) is 6.07 Å². The summed E-state index contributed by atoms with van der Waals surface area (Å²) in [6, 6.07) is 5.63. The van der Waals surface area contributed by atoms with Crippen LogP contribution in [-0.2, 0) is 63.6 Å². The summed E-state index contributed by atoms with van der Waals surface area (Å²) >= 11 is 5.24. The summed E-state index contributed by atoms with van der Waals surface area (Å²) in [4.78, 5) is 105. The van der Waals surface area contributed by atoms with Gasteiger partial charge in [0.1, 0.15) is 34.4 Å². The maximum absolute atomic E-state index is 12.9. The third-order valence-corrected chi connectivity index (χ3v) is 11.0. The minimum atomic E-state index is -2.76. The van der Waals surface area contributed by atoms with E-state index in [1.807, 2.05) is 6.92 Å². The molecule has 4 amide bonds. The van der Waals surface area contributed by atoms with Gasteiger partial charge in [0, 0.05) is 95.9 Å². The number of alkyl halides is 3. The molecule has 0 aliphatic carbocycles. The van der Waals surface area contributed by atoms with E-state index in [-0.39, 0.29) is 87.6 Å². The Kier molecular flexibility index (Phi) is 30.7. The number of nitrogens with zero attached hydrogens (tertiary/aromatic N) is 7. The molecule has 408 valence electrons. The number of amides is 4. The smallest absolute Gasteiger partial charge is 0.540 e. The van der Waals surface area contributed by atoms with Crippen LogP contribution in [0.15, 0.2) is 36.7 Å². The van der Waals surface area contributed by atoms with Crippen LogP contribution in [0.2, 0.25) is 0 Å². The summed E-state index contributed by atoms with van der Waals surface area (Å²) in [5, 5.41) is 13.2. The van der Waals surface area contributed by atoms with Crippen molar-refractivity contribution in [2.75, 3.05) is 151 Å². The van der Waals surface area contributed by atoms with Crippen LogP contribution >= 0.6 is 11.6 Å². The molecule has 5 fully saturated rings. The van der Waals surface area contributed by atoms with Crippen molar-refractivity contribution in [1.29, 1.82) is 0 Å². The van der Waals surface area contributed by atoms with Gasteiger partial charge in [0.05, 0.1) is 85.2 Å². The molecule has 0 radical (unpaired) electrons. The van der Waals surface area contributed by atoms with Gasteiger partial charge in [-0.2, -0.15) is 0 Å². The summed E-state index contributed by atoms with van der Waals surface area (Å²) in [6.07, 6.45) is 0.409. The minimum Gasteiger partial charge on any atom is -0.540 e. The third kappa shape index (κ3) is 22.1. The number of esters is 1. The molecule has 28 heteroatoms. The Morgan fingerprint density at radius 3 is 1.64 bits per heavy atom. The Hall–Kier alpha value is -4.65. The first-order chi connectivity index (χ1) is 35.7. The monoisotopic (exact) mass is 1110 g/mol. The Bertz CT molecular complexity index is 2310. The van der Waals surface area contributed by atoms with Crippen LogP contribution in [0.5, 0.6) is 5.75 Å². The van der Waals surface area contributed by atoms with Crippen molar-refractivity contribution in [2.24, 2.45) is 0 Å². The van der Waals surface area contributed by atoms with E-state index >= 15 is 0 Å². The number of fused-ring (bicyclic) bond motifs is 1. The van der Waals surface area contributed by atoms with Crippen LogP contribution in [0.1, 0.15) is 52.5 Å². The zero-order chi connectivity index (χ0) is 53.8. The summed E-state index contributed by atoms with van der Waals surface area (Å²) in [5.74, 6) is -5.38. The molecule has 5 saturated heterocycles. The van der Waals surface area contributed by atoms with Gasteiger partial charge in [-0.25, -0.2) is 23.5 Å². The number of carbonyl (C=O) groups excluding carboxylic acids is 8. The van der Waals surface area contributed by atoms with E-state index in [0.29, 0.717) is 129 Å². The molecular weight excluding hydrogens is 1050 g/mol. The van der Waals surface area contributed by atoms with Crippen LogP contribution in [0.4, 0.5) is 8.78 Å². The molecule has 3 aromatic heterocycles. The summed E-state index contributed by atoms with van der Waals surface area (Å²) < 4.78 is 63.1. The minimum absolute atomic E-state index is 0. The molecule has 0 bridgehead atoms. The van der Waals surface area contributed by atoms with E-state index in [4.69, 9.17) is 40.0 Å². The first kappa shape index (κ1) is 64.6. The van der Waals surface area contributed by atoms with E-state index in [1.165, 1.54) is 32.9 Å². The normalized spacial score (nSPS) is 16.3. The van der Waals surface area contributed by atoms with Gasteiger partial charge in [-0.3, -0.25) is 28.8 Å². The Morgan fingerprint density at radius 1 is 0.680 bits per heavy atom. The quantitative estimate of drug-likeness (QED) is 0.0671. The van der Waals surface area contributed by atoms with E-state index < -0.39 is 53.3 Å². The van der Waals surface area contributed by atoms with E-state index in [1.54, 1.807) is 34.7 Å². The van der Waals surface area contributed by atoms with Crippen molar-refractivity contribution >= 4 is 64.4 Å². The van der Waals surface area contributed by atoms with Gasteiger partial charge in [-0.05, 0) is 26.0 Å². The van der Waals surface area contributed by atoms with Gasteiger partial charge in [0.2, 0.25) is 5.78 Å². The topological polar surface area (TPSA) is 279 Å². The fourth-order valence-corrected chi connectivity index (χ4v) is 7.12. The van der Waals surface area contributed by atoms with Gasteiger partial charge in [0.15, 0.2) is 5.78 Å². The predicted molar refractivity (Wildman–Crippen MR) is 254 cm³/mol. The number of imidazole rings is 1. The number of halogens is 3. The number of Topliss-reactive ketones (excluding diaryl/α,β-unsaturated/α-hetero) is 2. The number of hydrogen-bond donors (Lipinski definition) is 1. The van der Waals surface area contributed by atoms with Crippen molar-refractivity contribution in [3.8, 4) is 5.75 Å². The van der Waals surface area contributed by atoms with Crippen molar-refractivity contribution in [2.45, 2.75) is 26.7 Å². The van der Waals surface area contributed by atoms with Crippen molar-refractivity contribution < 1.29 is 137 Å². The Labute approximate surface area is 479 Å². The predicted octanol–water partition coefficient (Wildman–Crippen LogP) is -3.77. The number of carboxylic acid groups (broad SMARTS) is 1. The number of morpholine rings is 5. The molecule has 0 saturated carbocycles. The first-order valence-electron chi connectivity index (χ1n) is 23.8. The molecule has 5 aliphatic heterocycles. The molecule has 75 heavy (non-hydrogen) atoms. The average molecular weight is 1110 g/mol. The molecule has 5 aliphatic rings. The fourth-order valence-electron chi connectivity index (χ4n) is 7.01. The van der Waals surface area contributed by atoms with Crippen LogP contribution in [-0.4, -0.2) is 232 Å². The number of aliphatic carboxylic acids is 1. The molecule has 0 atom stereocenters. The molecular formula is C47H62ClF2KN8O16. The number of carbonyl (C=O) groups is 8. The van der Waals surface area contributed by atoms with Gasteiger partial charge >= 0.3 is 63.3 Å². The fraction of sp³-hybridized carbons (Fsp3) is 0.574. The summed E-state index contributed by atoms with van der Waals surface area (Å²) in [6.45, 7) is 15.3. The number of carboxylic acids is 1. The molecule has 8 rings (SSSR count). The Balaban J connectivity index is 0.000000284.